The van der Waals surface area contributed by atoms with E-state index in [0.29, 0.717) is 18.1 Å². The fourth-order valence-electron chi connectivity index (χ4n) is 1.63. The van der Waals surface area contributed by atoms with E-state index in [2.05, 4.69) is 15.3 Å². The zero-order valence-electron chi connectivity index (χ0n) is 10.2. The van der Waals surface area contributed by atoms with Crippen LogP contribution in [0.4, 0.5) is 5.69 Å². The van der Waals surface area contributed by atoms with Crippen molar-refractivity contribution < 1.29 is 0 Å². The molecule has 5 heteroatoms. The maximum atomic E-state index is 5.89. The fourth-order valence-corrected chi connectivity index (χ4v) is 1.76. The highest BCUT2D eigenvalue weighted by molar-refractivity contribution is 6.30. The number of anilines is 1. The number of hydrogen-bond donors (Lipinski definition) is 2. The Bertz CT molecular complexity index is 525. The van der Waals surface area contributed by atoms with Crippen LogP contribution in [0.1, 0.15) is 5.82 Å². The number of nitrogens with one attached hydrogen (secondary N) is 1. The fraction of sp³-hybridized carbons (Fsp3) is 0.231. The molecule has 0 spiro atoms. The molecule has 1 aromatic heterocycles. The van der Waals surface area contributed by atoms with Gasteiger partial charge >= 0.3 is 0 Å². The number of halogens is 1. The predicted octanol–water partition coefficient (Wildman–Crippen LogP) is 2.48. The lowest BCUT2D eigenvalue weighted by atomic mass is 10.1. The molecule has 2 rings (SSSR count). The van der Waals surface area contributed by atoms with Gasteiger partial charge in [-0.3, -0.25) is 0 Å². The van der Waals surface area contributed by atoms with E-state index in [1.54, 1.807) is 6.20 Å². The SMILES string of the molecule is Cc1ncc(NCCN)c(-c2ccc(Cl)cc2)n1. The van der Waals surface area contributed by atoms with Gasteiger partial charge in [-0.1, -0.05) is 23.7 Å². The Morgan fingerprint density at radius 2 is 2.00 bits per heavy atom. The number of aromatic nitrogens is 2. The minimum Gasteiger partial charge on any atom is -0.381 e. The highest BCUT2D eigenvalue weighted by atomic mass is 35.5. The minimum atomic E-state index is 0.563. The Morgan fingerprint density at radius 3 is 2.67 bits per heavy atom. The van der Waals surface area contributed by atoms with Crippen LogP contribution in [-0.2, 0) is 0 Å². The topological polar surface area (TPSA) is 63.8 Å². The lowest BCUT2D eigenvalue weighted by Gasteiger charge is -2.11. The number of nitrogens with zero attached hydrogens (tertiary/aromatic N) is 2. The molecule has 0 saturated carbocycles. The van der Waals surface area contributed by atoms with Crippen molar-refractivity contribution in [3.63, 3.8) is 0 Å². The van der Waals surface area contributed by atoms with Crippen LogP contribution >= 0.6 is 11.6 Å². The first kappa shape index (κ1) is 12.8. The van der Waals surface area contributed by atoms with E-state index in [-0.39, 0.29) is 0 Å². The van der Waals surface area contributed by atoms with E-state index < -0.39 is 0 Å². The molecule has 1 heterocycles. The summed E-state index contributed by atoms with van der Waals surface area (Å²) in [4.78, 5) is 8.66. The lowest BCUT2D eigenvalue weighted by Crippen LogP contribution is -2.14. The lowest BCUT2D eigenvalue weighted by molar-refractivity contribution is 1.00. The molecule has 1 aromatic carbocycles. The molecule has 4 nitrogen and oxygen atoms in total. The zero-order valence-corrected chi connectivity index (χ0v) is 10.9. The second kappa shape index (κ2) is 5.80. The third-order valence-electron chi connectivity index (χ3n) is 2.49. The third kappa shape index (κ3) is 2.97. The number of nitrogens with two attached hydrogens (primary N) is 1. The van der Waals surface area contributed by atoms with E-state index in [9.17, 15) is 0 Å². The van der Waals surface area contributed by atoms with Gasteiger partial charge in [0, 0.05) is 23.7 Å². The molecule has 0 aliphatic heterocycles. The average molecular weight is 263 g/mol. The minimum absolute atomic E-state index is 0.563. The van der Waals surface area contributed by atoms with Crippen LogP contribution in [0.3, 0.4) is 0 Å². The van der Waals surface area contributed by atoms with Crippen molar-refractivity contribution in [3.05, 3.63) is 41.3 Å². The van der Waals surface area contributed by atoms with Gasteiger partial charge in [-0.25, -0.2) is 9.97 Å². The Balaban J connectivity index is 2.40. The van der Waals surface area contributed by atoms with Crippen molar-refractivity contribution in [2.45, 2.75) is 6.92 Å². The first-order valence-electron chi connectivity index (χ1n) is 5.74. The molecule has 0 radical (unpaired) electrons. The molecule has 0 amide bonds. The molecule has 0 saturated heterocycles. The van der Waals surface area contributed by atoms with Crippen molar-refractivity contribution >= 4 is 17.3 Å². The third-order valence-corrected chi connectivity index (χ3v) is 2.74. The van der Waals surface area contributed by atoms with E-state index in [4.69, 9.17) is 17.3 Å². The van der Waals surface area contributed by atoms with Crippen molar-refractivity contribution in [2.75, 3.05) is 18.4 Å². The van der Waals surface area contributed by atoms with E-state index in [1.807, 2.05) is 31.2 Å². The van der Waals surface area contributed by atoms with Gasteiger partial charge in [-0.2, -0.15) is 0 Å². The van der Waals surface area contributed by atoms with Gasteiger partial charge in [0.2, 0.25) is 0 Å². The van der Waals surface area contributed by atoms with Crippen LogP contribution in [0.25, 0.3) is 11.3 Å². The monoisotopic (exact) mass is 262 g/mol. The normalized spacial score (nSPS) is 10.4. The van der Waals surface area contributed by atoms with Gasteiger partial charge in [-0.15, -0.1) is 0 Å². The van der Waals surface area contributed by atoms with Gasteiger partial charge in [0.25, 0.3) is 0 Å². The Kier molecular flexibility index (Phi) is 4.12. The number of benzene rings is 1. The Labute approximate surface area is 111 Å². The van der Waals surface area contributed by atoms with Crippen molar-refractivity contribution in [3.8, 4) is 11.3 Å². The van der Waals surface area contributed by atoms with E-state index >= 15 is 0 Å². The molecule has 0 bridgehead atoms. The molecule has 0 unspecified atom stereocenters. The predicted molar refractivity (Wildman–Crippen MR) is 74.8 cm³/mol. The summed E-state index contributed by atoms with van der Waals surface area (Å²) in [5.41, 5.74) is 8.25. The highest BCUT2D eigenvalue weighted by Gasteiger charge is 2.07. The Hall–Kier alpha value is -1.65. The summed E-state index contributed by atoms with van der Waals surface area (Å²) in [5.74, 6) is 0.734. The second-order valence-electron chi connectivity index (χ2n) is 3.90. The molecule has 0 fully saturated rings. The summed E-state index contributed by atoms with van der Waals surface area (Å²) in [5, 5.41) is 3.93. The van der Waals surface area contributed by atoms with Gasteiger partial charge in [0.05, 0.1) is 17.6 Å². The Morgan fingerprint density at radius 1 is 1.28 bits per heavy atom. The first-order valence-corrected chi connectivity index (χ1v) is 6.12. The molecule has 18 heavy (non-hydrogen) atoms. The molecule has 0 aliphatic carbocycles. The standard InChI is InChI=1S/C13H15ClN4/c1-9-17-8-12(16-7-6-15)13(18-9)10-2-4-11(14)5-3-10/h2-5,8,16H,6-7,15H2,1H3. The van der Waals surface area contributed by atoms with Crippen LogP contribution in [0.5, 0.6) is 0 Å². The quantitative estimate of drug-likeness (QED) is 0.889. The van der Waals surface area contributed by atoms with Crippen molar-refractivity contribution in [1.82, 2.24) is 9.97 Å². The summed E-state index contributed by atoms with van der Waals surface area (Å²) in [6.45, 7) is 3.12. The largest absolute Gasteiger partial charge is 0.381 e. The summed E-state index contributed by atoms with van der Waals surface area (Å²) in [6, 6.07) is 7.58. The number of aryl methyl sites for hydroxylation is 1. The average Bonchev–Trinajstić information content (AvgIpc) is 2.38. The smallest absolute Gasteiger partial charge is 0.126 e. The highest BCUT2D eigenvalue weighted by Crippen LogP contribution is 2.26. The van der Waals surface area contributed by atoms with Gasteiger partial charge in [0.15, 0.2) is 0 Å². The van der Waals surface area contributed by atoms with Gasteiger partial charge in [0.1, 0.15) is 5.82 Å². The summed E-state index contributed by atoms with van der Waals surface area (Å²) in [7, 11) is 0. The summed E-state index contributed by atoms with van der Waals surface area (Å²) >= 11 is 5.89. The van der Waals surface area contributed by atoms with Crippen molar-refractivity contribution in [1.29, 1.82) is 0 Å². The zero-order chi connectivity index (χ0) is 13.0. The number of hydrogen-bond acceptors (Lipinski definition) is 4. The van der Waals surface area contributed by atoms with Crippen molar-refractivity contribution in [2.24, 2.45) is 5.73 Å². The van der Waals surface area contributed by atoms with Gasteiger partial charge < -0.3 is 11.1 Å². The van der Waals surface area contributed by atoms with Gasteiger partial charge in [-0.05, 0) is 19.1 Å². The maximum Gasteiger partial charge on any atom is 0.126 e. The van der Waals surface area contributed by atoms with E-state index in [0.717, 1.165) is 22.8 Å². The maximum absolute atomic E-state index is 5.89. The molecular weight excluding hydrogens is 248 g/mol. The van der Waals surface area contributed by atoms with Crippen LogP contribution in [0.2, 0.25) is 5.02 Å². The molecule has 94 valence electrons. The summed E-state index contributed by atoms with van der Waals surface area (Å²) < 4.78 is 0. The molecule has 0 atom stereocenters. The summed E-state index contributed by atoms with van der Waals surface area (Å²) in [6.07, 6.45) is 1.78. The first-order chi connectivity index (χ1) is 8.70. The molecule has 0 aliphatic rings. The number of rotatable bonds is 4. The van der Waals surface area contributed by atoms with E-state index in [1.165, 1.54) is 0 Å². The van der Waals surface area contributed by atoms with Crippen LogP contribution < -0.4 is 11.1 Å². The van der Waals surface area contributed by atoms with Crippen LogP contribution in [0, 0.1) is 6.92 Å². The molecular formula is C13H15ClN4. The molecule has 3 N–H and O–H groups in total. The van der Waals surface area contributed by atoms with Crippen LogP contribution in [0.15, 0.2) is 30.5 Å². The molecule has 2 aromatic rings. The second-order valence-corrected chi connectivity index (χ2v) is 4.34. The van der Waals surface area contributed by atoms with Crippen LogP contribution in [-0.4, -0.2) is 23.1 Å².